The van der Waals surface area contributed by atoms with Crippen molar-refractivity contribution in [2.24, 2.45) is 0 Å². The van der Waals surface area contributed by atoms with Gasteiger partial charge in [0.25, 0.3) is 0 Å². The molecule has 0 rings (SSSR count). The molecule has 0 saturated heterocycles. The van der Waals surface area contributed by atoms with Gasteiger partial charge < -0.3 is 5.11 Å². The molecule has 2 nitrogen and oxygen atoms in total. The first kappa shape index (κ1) is 21.2. The van der Waals surface area contributed by atoms with Gasteiger partial charge >= 0.3 is 5.97 Å². The van der Waals surface area contributed by atoms with E-state index in [1.54, 1.807) is 0 Å². The van der Waals surface area contributed by atoms with E-state index in [2.05, 4.69) is 19.1 Å². The number of carbonyl (C=O) groups is 1. The smallest absolute Gasteiger partial charge is 0.303 e. The van der Waals surface area contributed by atoms with Crippen molar-refractivity contribution >= 4 is 5.97 Å². The predicted molar refractivity (Wildman–Crippen MR) is 96.3 cm³/mol. The first-order chi connectivity index (χ1) is 10.8. The van der Waals surface area contributed by atoms with Crippen LogP contribution in [0.4, 0.5) is 0 Å². The van der Waals surface area contributed by atoms with Crippen LogP contribution in [-0.2, 0) is 4.79 Å². The maximum Gasteiger partial charge on any atom is 0.303 e. The number of rotatable bonds is 17. The summed E-state index contributed by atoms with van der Waals surface area (Å²) >= 11 is 0. The van der Waals surface area contributed by atoms with Gasteiger partial charge in [0, 0.05) is 6.42 Å². The van der Waals surface area contributed by atoms with Gasteiger partial charge in [-0.3, -0.25) is 4.79 Å². The van der Waals surface area contributed by atoms with Crippen LogP contribution in [0, 0.1) is 0 Å². The summed E-state index contributed by atoms with van der Waals surface area (Å²) in [4.78, 5) is 10.4. The van der Waals surface area contributed by atoms with Gasteiger partial charge in [0.2, 0.25) is 0 Å². The van der Waals surface area contributed by atoms with Gasteiger partial charge in [-0.25, -0.2) is 0 Å². The summed E-state index contributed by atoms with van der Waals surface area (Å²) in [5.74, 6) is -0.658. The molecule has 0 heterocycles. The van der Waals surface area contributed by atoms with Gasteiger partial charge in [-0.1, -0.05) is 83.3 Å². The molecule has 0 aliphatic heterocycles. The number of aliphatic carboxylic acids is 1. The van der Waals surface area contributed by atoms with Crippen LogP contribution in [0.5, 0.6) is 0 Å². The summed E-state index contributed by atoms with van der Waals surface area (Å²) in [6, 6.07) is 0. The molecule has 0 atom stereocenters. The summed E-state index contributed by atoms with van der Waals surface area (Å²) in [6.45, 7) is 2.26. The Bertz CT molecular complexity index is 258. The summed E-state index contributed by atoms with van der Waals surface area (Å²) in [7, 11) is 0. The van der Waals surface area contributed by atoms with E-state index in [9.17, 15) is 4.79 Å². The highest BCUT2D eigenvalue weighted by molar-refractivity contribution is 5.66. The minimum atomic E-state index is -0.658. The van der Waals surface area contributed by atoms with Gasteiger partial charge in [-0.05, 0) is 32.1 Å². The van der Waals surface area contributed by atoms with E-state index in [0.29, 0.717) is 6.42 Å². The Balaban J connectivity index is 3.06. The van der Waals surface area contributed by atoms with E-state index in [0.717, 1.165) is 12.8 Å². The molecule has 0 radical (unpaired) electrons. The lowest BCUT2D eigenvalue weighted by Gasteiger charge is -2.01. The topological polar surface area (TPSA) is 37.3 Å². The zero-order chi connectivity index (χ0) is 16.3. The van der Waals surface area contributed by atoms with Crippen molar-refractivity contribution in [3.05, 3.63) is 12.2 Å². The molecule has 0 aromatic rings. The number of hydrogen-bond acceptors (Lipinski definition) is 1. The molecule has 0 saturated carbocycles. The Morgan fingerprint density at radius 1 is 0.682 bits per heavy atom. The van der Waals surface area contributed by atoms with E-state index < -0.39 is 5.97 Å². The lowest BCUT2D eigenvalue weighted by Crippen LogP contribution is -1.93. The van der Waals surface area contributed by atoms with Crippen LogP contribution in [0.3, 0.4) is 0 Å². The Morgan fingerprint density at radius 2 is 1.09 bits per heavy atom. The molecule has 130 valence electrons. The highest BCUT2D eigenvalue weighted by atomic mass is 16.4. The SMILES string of the molecule is CCCCCCCC=CCCCCCCCCCCC(=O)O. The largest absolute Gasteiger partial charge is 0.481 e. The summed E-state index contributed by atoms with van der Waals surface area (Å²) in [6.07, 6.45) is 24.2. The Morgan fingerprint density at radius 3 is 1.55 bits per heavy atom. The van der Waals surface area contributed by atoms with Gasteiger partial charge in [0.1, 0.15) is 0 Å². The molecule has 0 bridgehead atoms. The summed E-state index contributed by atoms with van der Waals surface area (Å²) < 4.78 is 0. The Hall–Kier alpha value is -0.790. The second-order valence-corrected chi connectivity index (χ2v) is 6.44. The van der Waals surface area contributed by atoms with E-state index >= 15 is 0 Å². The van der Waals surface area contributed by atoms with Crippen LogP contribution in [0.2, 0.25) is 0 Å². The van der Waals surface area contributed by atoms with E-state index in [-0.39, 0.29) is 0 Å². The molecule has 2 heteroatoms. The number of hydrogen-bond donors (Lipinski definition) is 1. The zero-order valence-electron chi connectivity index (χ0n) is 14.8. The molecule has 22 heavy (non-hydrogen) atoms. The third kappa shape index (κ3) is 19.2. The molecular weight excluding hydrogens is 272 g/mol. The molecule has 0 amide bonds. The first-order valence-corrected chi connectivity index (χ1v) is 9.64. The lowest BCUT2D eigenvalue weighted by molar-refractivity contribution is -0.137. The quantitative estimate of drug-likeness (QED) is 0.234. The standard InChI is InChI=1S/C20H38O2/c1-2-3-4-5-6-7-8-9-10-11-12-13-14-15-16-17-18-19-20(21)22/h8-9H,2-7,10-19H2,1H3,(H,21,22). The van der Waals surface area contributed by atoms with Gasteiger partial charge in [-0.15, -0.1) is 0 Å². The van der Waals surface area contributed by atoms with Gasteiger partial charge in [0.05, 0.1) is 0 Å². The van der Waals surface area contributed by atoms with E-state index in [4.69, 9.17) is 5.11 Å². The van der Waals surface area contributed by atoms with Crippen molar-refractivity contribution in [1.29, 1.82) is 0 Å². The molecule has 0 aliphatic rings. The van der Waals surface area contributed by atoms with Gasteiger partial charge in [-0.2, -0.15) is 0 Å². The number of carboxylic acid groups (broad SMARTS) is 1. The van der Waals surface area contributed by atoms with Crippen LogP contribution < -0.4 is 0 Å². The number of carboxylic acids is 1. The third-order valence-corrected chi connectivity index (χ3v) is 4.15. The molecule has 0 unspecified atom stereocenters. The van der Waals surface area contributed by atoms with E-state index in [1.807, 2.05) is 0 Å². The average molecular weight is 311 g/mol. The third-order valence-electron chi connectivity index (χ3n) is 4.15. The van der Waals surface area contributed by atoms with Gasteiger partial charge in [0.15, 0.2) is 0 Å². The van der Waals surface area contributed by atoms with Crippen LogP contribution >= 0.6 is 0 Å². The van der Waals surface area contributed by atoms with E-state index in [1.165, 1.54) is 83.5 Å². The fraction of sp³-hybridized carbons (Fsp3) is 0.850. The second-order valence-electron chi connectivity index (χ2n) is 6.44. The van der Waals surface area contributed by atoms with Crippen LogP contribution in [0.25, 0.3) is 0 Å². The van der Waals surface area contributed by atoms with Crippen LogP contribution in [0.1, 0.15) is 110 Å². The molecule has 0 aromatic carbocycles. The molecule has 0 fully saturated rings. The van der Waals surface area contributed by atoms with Crippen LogP contribution in [-0.4, -0.2) is 11.1 Å². The number of unbranched alkanes of at least 4 members (excludes halogenated alkanes) is 13. The normalized spacial score (nSPS) is 11.3. The summed E-state index contributed by atoms with van der Waals surface area (Å²) in [5, 5.41) is 8.53. The molecule has 0 spiro atoms. The fourth-order valence-corrected chi connectivity index (χ4v) is 2.70. The van der Waals surface area contributed by atoms with Crippen molar-refractivity contribution in [3.8, 4) is 0 Å². The zero-order valence-corrected chi connectivity index (χ0v) is 14.8. The Labute approximate surface area is 138 Å². The summed E-state index contributed by atoms with van der Waals surface area (Å²) in [5.41, 5.74) is 0. The first-order valence-electron chi connectivity index (χ1n) is 9.64. The van der Waals surface area contributed by atoms with Crippen molar-refractivity contribution in [1.82, 2.24) is 0 Å². The Kier molecular flexibility index (Phi) is 17.6. The van der Waals surface area contributed by atoms with Crippen LogP contribution in [0.15, 0.2) is 12.2 Å². The average Bonchev–Trinajstić information content (AvgIpc) is 2.50. The highest BCUT2D eigenvalue weighted by Crippen LogP contribution is 2.11. The van der Waals surface area contributed by atoms with Crippen molar-refractivity contribution in [2.45, 2.75) is 110 Å². The molecule has 0 aliphatic carbocycles. The van der Waals surface area contributed by atoms with Crippen molar-refractivity contribution in [3.63, 3.8) is 0 Å². The predicted octanol–water partition coefficient (Wildman–Crippen LogP) is 6.89. The molecule has 1 N–H and O–H groups in total. The van der Waals surface area contributed by atoms with Crippen molar-refractivity contribution in [2.75, 3.05) is 0 Å². The molecular formula is C20H38O2. The minimum absolute atomic E-state index is 0.338. The maximum absolute atomic E-state index is 10.4. The second kappa shape index (κ2) is 18.3. The van der Waals surface area contributed by atoms with Crippen molar-refractivity contribution < 1.29 is 9.90 Å². The lowest BCUT2D eigenvalue weighted by atomic mass is 10.1. The fourth-order valence-electron chi connectivity index (χ4n) is 2.70. The number of allylic oxidation sites excluding steroid dienone is 2. The highest BCUT2D eigenvalue weighted by Gasteiger charge is 1.96. The monoisotopic (exact) mass is 310 g/mol. The minimum Gasteiger partial charge on any atom is -0.481 e. The molecule has 0 aromatic heterocycles. The maximum atomic E-state index is 10.4.